The third kappa shape index (κ3) is 4.95. The number of hydrogen-bond donors (Lipinski definition) is 1. The van der Waals surface area contributed by atoms with Crippen LogP contribution in [0.1, 0.15) is 45.7 Å². The summed E-state index contributed by atoms with van der Waals surface area (Å²) >= 11 is 0. The molecule has 0 bridgehead atoms. The molecule has 1 aliphatic rings. The molecule has 2 unspecified atom stereocenters. The highest BCUT2D eigenvalue weighted by atomic mass is 16.5. The van der Waals surface area contributed by atoms with Gasteiger partial charge in [-0.15, -0.1) is 0 Å². The average molecular weight is 334 g/mol. The summed E-state index contributed by atoms with van der Waals surface area (Å²) in [6, 6.07) is 9.48. The fourth-order valence-corrected chi connectivity index (χ4v) is 3.55. The highest BCUT2D eigenvalue weighted by Crippen LogP contribution is 2.26. The number of likely N-dealkylation sites (N-methyl/N-ethyl adjacent to an activating group) is 1. The Balaban J connectivity index is 2.02. The Labute approximate surface area is 148 Å². The lowest BCUT2D eigenvalue weighted by Gasteiger charge is -2.44. The lowest BCUT2D eigenvalue weighted by molar-refractivity contribution is 0.0509. The van der Waals surface area contributed by atoms with E-state index in [1.54, 1.807) is 0 Å². The fraction of sp³-hybridized carbons (Fsp3) is 0.700. The first-order valence-electron chi connectivity index (χ1n) is 9.49. The van der Waals surface area contributed by atoms with Crippen molar-refractivity contribution in [1.29, 1.82) is 0 Å². The summed E-state index contributed by atoms with van der Waals surface area (Å²) in [5, 5.41) is 0. The van der Waals surface area contributed by atoms with E-state index in [1.807, 2.05) is 0 Å². The van der Waals surface area contributed by atoms with E-state index in [4.69, 9.17) is 10.5 Å². The molecule has 1 fully saturated rings. The zero-order valence-corrected chi connectivity index (χ0v) is 15.9. The van der Waals surface area contributed by atoms with Gasteiger partial charge in [-0.3, -0.25) is 9.80 Å². The minimum Gasteiger partial charge on any atom is -0.493 e. The first-order valence-corrected chi connectivity index (χ1v) is 9.49. The monoisotopic (exact) mass is 333 g/mol. The zero-order valence-electron chi connectivity index (χ0n) is 15.9. The SMILES string of the molecule is CCC1CN(C(CN)c2ccc(OCC(C)C)cc2)CCN1CC. The van der Waals surface area contributed by atoms with Crippen molar-refractivity contribution in [3.05, 3.63) is 29.8 Å². The van der Waals surface area contributed by atoms with Gasteiger partial charge in [0.1, 0.15) is 5.75 Å². The third-order valence-electron chi connectivity index (χ3n) is 5.03. The van der Waals surface area contributed by atoms with Crippen molar-refractivity contribution >= 4 is 0 Å². The molecule has 0 amide bonds. The van der Waals surface area contributed by atoms with Crippen molar-refractivity contribution in [3.8, 4) is 5.75 Å². The zero-order chi connectivity index (χ0) is 17.5. The highest BCUT2D eigenvalue weighted by molar-refractivity contribution is 5.29. The van der Waals surface area contributed by atoms with E-state index < -0.39 is 0 Å². The molecule has 24 heavy (non-hydrogen) atoms. The minimum absolute atomic E-state index is 0.303. The smallest absolute Gasteiger partial charge is 0.119 e. The third-order valence-corrected chi connectivity index (χ3v) is 5.03. The van der Waals surface area contributed by atoms with Crippen molar-refractivity contribution in [1.82, 2.24) is 9.80 Å². The summed E-state index contributed by atoms with van der Waals surface area (Å²) in [6.45, 7) is 14.8. The van der Waals surface area contributed by atoms with E-state index in [0.29, 0.717) is 24.5 Å². The van der Waals surface area contributed by atoms with Crippen molar-refractivity contribution in [3.63, 3.8) is 0 Å². The molecule has 1 aromatic carbocycles. The lowest BCUT2D eigenvalue weighted by atomic mass is 10.0. The van der Waals surface area contributed by atoms with Crippen LogP contribution in [-0.4, -0.2) is 55.2 Å². The van der Waals surface area contributed by atoms with Crippen LogP contribution in [0.3, 0.4) is 0 Å². The van der Waals surface area contributed by atoms with E-state index >= 15 is 0 Å². The van der Waals surface area contributed by atoms with Crippen LogP contribution < -0.4 is 10.5 Å². The molecule has 4 nitrogen and oxygen atoms in total. The van der Waals surface area contributed by atoms with Crippen molar-refractivity contribution in [2.75, 3.05) is 39.3 Å². The van der Waals surface area contributed by atoms with Crippen LogP contribution >= 0.6 is 0 Å². The number of nitrogens with zero attached hydrogens (tertiary/aromatic N) is 2. The minimum atomic E-state index is 0.303. The van der Waals surface area contributed by atoms with Crippen molar-refractivity contribution < 1.29 is 4.74 Å². The van der Waals surface area contributed by atoms with Gasteiger partial charge in [-0.25, -0.2) is 0 Å². The Kier molecular flexibility index (Phi) is 7.53. The maximum absolute atomic E-state index is 6.14. The molecule has 1 saturated heterocycles. The second kappa shape index (κ2) is 9.40. The van der Waals surface area contributed by atoms with Gasteiger partial charge in [0.25, 0.3) is 0 Å². The molecule has 136 valence electrons. The molecule has 0 saturated carbocycles. The summed E-state index contributed by atoms with van der Waals surface area (Å²) < 4.78 is 5.79. The molecule has 2 N–H and O–H groups in total. The first kappa shape index (κ1) is 19.2. The van der Waals surface area contributed by atoms with Crippen molar-refractivity contribution in [2.24, 2.45) is 11.7 Å². The second-order valence-corrected chi connectivity index (χ2v) is 7.21. The number of piperazine rings is 1. The average Bonchev–Trinajstić information content (AvgIpc) is 2.61. The van der Waals surface area contributed by atoms with Gasteiger partial charge < -0.3 is 10.5 Å². The standard InChI is InChI=1S/C20H35N3O/c1-5-18-14-23(12-11-22(18)6-2)20(13-21)17-7-9-19(10-8-17)24-15-16(3)4/h7-10,16,18,20H,5-6,11-15,21H2,1-4H3. The topological polar surface area (TPSA) is 41.7 Å². The van der Waals surface area contributed by atoms with E-state index in [1.165, 1.54) is 12.0 Å². The summed E-state index contributed by atoms with van der Waals surface area (Å²) in [7, 11) is 0. The van der Waals surface area contributed by atoms with Crippen LogP contribution in [0.4, 0.5) is 0 Å². The Morgan fingerprint density at radius 3 is 2.42 bits per heavy atom. The molecule has 0 aliphatic carbocycles. The number of rotatable bonds is 8. The Bertz CT molecular complexity index is 474. The maximum atomic E-state index is 6.14. The van der Waals surface area contributed by atoms with E-state index in [0.717, 1.165) is 38.5 Å². The molecule has 2 atom stereocenters. The van der Waals surface area contributed by atoms with Crippen LogP contribution in [0.5, 0.6) is 5.75 Å². The quantitative estimate of drug-likeness (QED) is 0.793. The largest absolute Gasteiger partial charge is 0.493 e. The predicted octanol–water partition coefficient (Wildman–Crippen LogP) is 3.14. The van der Waals surface area contributed by atoms with Gasteiger partial charge in [0.05, 0.1) is 6.61 Å². The van der Waals surface area contributed by atoms with Gasteiger partial charge in [0.15, 0.2) is 0 Å². The van der Waals surface area contributed by atoms with Gasteiger partial charge in [-0.05, 0) is 36.6 Å². The summed E-state index contributed by atoms with van der Waals surface area (Å²) in [5.74, 6) is 1.49. The van der Waals surface area contributed by atoms with Crippen LogP contribution in [-0.2, 0) is 0 Å². The van der Waals surface area contributed by atoms with Gasteiger partial charge in [-0.1, -0.05) is 39.8 Å². The molecule has 1 aromatic rings. The maximum Gasteiger partial charge on any atom is 0.119 e. The van der Waals surface area contributed by atoms with Gasteiger partial charge in [-0.2, -0.15) is 0 Å². The van der Waals surface area contributed by atoms with Crippen LogP contribution in [0.25, 0.3) is 0 Å². The normalized spacial score (nSPS) is 21.2. The van der Waals surface area contributed by atoms with E-state index in [2.05, 4.69) is 61.8 Å². The Hall–Kier alpha value is -1.10. The summed E-state index contributed by atoms with van der Waals surface area (Å²) in [6.07, 6.45) is 1.20. The molecular formula is C20H35N3O. The molecule has 2 rings (SSSR count). The van der Waals surface area contributed by atoms with Crippen LogP contribution in [0.2, 0.25) is 0 Å². The molecule has 0 aromatic heterocycles. The second-order valence-electron chi connectivity index (χ2n) is 7.21. The lowest BCUT2D eigenvalue weighted by Crippen LogP contribution is -2.54. The number of benzene rings is 1. The predicted molar refractivity (Wildman–Crippen MR) is 101 cm³/mol. The molecule has 0 radical (unpaired) electrons. The van der Waals surface area contributed by atoms with E-state index in [9.17, 15) is 0 Å². The molecule has 1 heterocycles. The van der Waals surface area contributed by atoms with Crippen molar-refractivity contribution in [2.45, 2.75) is 46.2 Å². The summed E-state index contributed by atoms with van der Waals surface area (Å²) in [4.78, 5) is 5.15. The van der Waals surface area contributed by atoms with Crippen LogP contribution in [0, 0.1) is 5.92 Å². The molecule has 0 spiro atoms. The molecule has 1 aliphatic heterocycles. The Morgan fingerprint density at radius 1 is 1.17 bits per heavy atom. The number of nitrogens with two attached hydrogens (primary N) is 1. The first-order chi connectivity index (χ1) is 11.6. The van der Waals surface area contributed by atoms with E-state index in [-0.39, 0.29) is 0 Å². The van der Waals surface area contributed by atoms with Gasteiger partial charge in [0, 0.05) is 38.3 Å². The highest BCUT2D eigenvalue weighted by Gasteiger charge is 2.29. The fourth-order valence-electron chi connectivity index (χ4n) is 3.55. The Morgan fingerprint density at radius 2 is 1.88 bits per heavy atom. The van der Waals surface area contributed by atoms with Gasteiger partial charge in [0.2, 0.25) is 0 Å². The van der Waals surface area contributed by atoms with Crippen LogP contribution in [0.15, 0.2) is 24.3 Å². The summed E-state index contributed by atoms with van der Waals surface area (Å²) in [5.41, 5.74) is 7.44. The number of hydrogen-bond acceptors (Lipinski definition) is 4. The molecular weight excluding hydrogens is 298 g/mol. The number of ether oxygens (including phenoxy) is 1. The van der Waals surface area contributed by atoms with Gasteiger partial charge >= 0.3 is 0 Å². The molecule has 4 heteroatoms.